The van der Waals surface area contributed by atoms with E-state index in [2.05, 4.69) is 14.7 Å². The minimum Gasteiger partial charge on any atom is -0.405 e. The maximum absolute atomic E-state index is 12.7. The molecule has 3 aromatic rings. The Bertz CT molecular complexity index is 989. The van der Waals surface area contributed by atoms with Crippen LogP contribution in [0.1, 0.15) is 5.82 Å². The average molecular weight is 375 g/mol. The van der Waals surface area contributed by atoms with Crippen LogP contribution in [0.5, 0.6) is 5.75 Å². The fourth-order valence-corrected chi connectivity index (χ4v) is 2.55. The zero-order valence-electron chi connectivity index (χ0n) is 13.9. The molecular formula is C18H12F3N3O3. The number of halogens is 3. The van der Waals surface area contributed by atoms with Crippen LogP contribution >= 0.6 is 0 Å². The summed E-state index contributed by atoms with van der Waals surface area (Å²) in [4.78, 5) is 18.7. The maximum atomic E-state index is 12.7. The van der Waals surface area contributed by atoms with E-state index in [1.807, 2.05) is 0 Å². The number of nitro groups is 1. The fourth-order valence-electron chi connectivity index (χ4n) is 2.55. The molecule has 0 N–H and O–H groups in total. The molecule has 0 aliphatic carbocycles. The number of non-ortho nitro benzene ring substituents is 1. The Morgan fingerprint density at radius 3 is 2.30 bits per heavy atom. The first-order valence-electron chi connectivity index (χ1n) is 7.67. The summed E-state index contributed by atoms with van der Waals surface area (Å²) in [7, 11) is 0. The summed E-state index contributed by atoms with van der Waals surface area (Å²) in [6.07, 6.45) is -1.96. The summed E-state index contributed by atoms with van der Waals surface area (Å²) >= 11 is 0. The monoisotopic (exact) mass is 375 g/mol. The van der Waals surface area contributed by atoms with Crippen LogP contribution in [0.3, 0.4) is 0 Å². The molecule has 0 aliphatic rings. The van der Waals surface area contributed by atoms with Gasteiger partial charge < -0.3 is 4.74 Å². The second kappa shape index (κ2) is 7.02. The number of alkyl halides is 3. The third-order valence-corrected chi connectivity index (χ3v) is 3.71. The molecule has 0 amide bonds. The molecule has 138 valence electrons. The van der Waals surface area contributed by atoms with Crippen molar-refractivity contribution in [3.05, 3.63) is 70.8 Å². The Morgan fingerprint density at radius 1 is 1.00 bits per heavy atom. The van der Waals surface area contributed by atoms with Crippen LogP contribution in [0.2, 0.25) is 0 Å². The third kappa shape index (κ3) is 4.20. The standard InChI is InChI=1S/C18H12F3N3O3/c1-11-22-9-12(10-23-11)16-8-13(24(25)26)6-7-14(16)15-4-2-3-5-17(15)27-18(19,20)21/h2-10H,1H3. The number of benzene rings is 2. The highest BCUT2D eigenvalue weighted by molar-refractivity contribution is 5.87. The third-order valence-electron chi connectivity index (χ3n) is 3.71. The minimum absolute atomic E-state index is 0.139. The van der Waals surface area contributed by atoms with Gasteiger partial charge >= 0.3 is 6.36 Å². The van der Waals surface area contributed by atoms with E-state index in [1.165, 1.54) is 48.8 Å². The van der Waals surface area contributed by atoms with Gasteiger partial charge in [0.25, 0.3) is 5.69 Å². The predicted octanol–water partition coefficient (Wildman–Crippen LogP) is 4.93. The van der Waals surface area contributed by atoms with Gasteiger partial charge in [0.05, 0.1) is 4.92 Å². The van der Waals surface area contributed by atoms with Crippen molar-refractivity contribution in [3.8, 4) is 28.0 Å². The number of para-hydroxylation sites is 1. The van der Waals surface area contributed by atoms with E-state index in [1.54, 1.807) is 13.0 Å². The van der Waals surface area contributed by atoms with E-state index in [0.29, 0.717) is 22.5 Å². The summed E-state index contributed by atoms with van der Waals surface area (Å²) in [5.41, 5.74) is 1.01. The molecule has 0 saturated heterocycles. The highest BCUT2D eigenvalue weighted by atomic mass is 19.4. The molecule has 9 heteroatoms. The number of hydrogen-bond donors (Lipinski definition) is 0. The van der Waals surface area contributed by atoms with Gasteiger partial charge in [-0.1, -0.05) is 18.2 Å². The normalized spacial score (nSPS) is 11.3. The van der Waals surface area contributed by atoms with E-state index in [0.717, 1.165) is 0 Å². The molecule has 0 spiro atoms. The van der Waals surface area contributed by atoms with E-state index < -0.39 is 17.0 Å². The smallest absolute Gasteiger partial charge is 0.405 e. The molecule has 0 unspecified atom stereocenters. The lowest BCUT2D eigenvalue weighted by atomic mass is 9.95. The fraction of sp³-hybridized carbons (Fsp3) is 0.111. The predicted molar refractivity (Wildman–Crippen MR) is 91.0 cm³/mol. The van der Waals surface area contributed by atoms with Crippen LogP contribution in [0.4, 0.5) is 18.9 Å². The van der Waals surface area contributed by atoms with Gasteiger partial charge in [-0.25, -0.2) is 9.97 Å². The molecule has 6 nitrogen and oxygen atoms in total. The van der Waals surface area contributed by atoms with Crippen molar-refractivity contribution < 1.29 is 22.8 Å². The van der Waals surface area contributed by atoms with Crippen molar-refractivity contribution in [2.24, 2.45) is 0 Å². The molecule has 3 rings (SSSR count). The Balaban J connectivity index is 2.22. The van der Waals surface area contributed by atoms with E-state index in [-0.39, 0.29) is 11.3 Å². The molecule has 1 aromatic heterocycles. The number of nitrogens with zero attached hydrogens (tertiary/aromatic N) is 3. The summed E-state index contributed by atoms with van der Waals surface area (Å²) in [6, 6.07) is 9.46. The number of aryl methyl sites for hydroxylation is 1. The Morgan fingerprint density at radius 2 is 1.67 bits per heavy atom. The number of hydrogen-bond acceptors (Lipinski definition) is 5. The van der Waals surface area contributed by atoms with E-state index in [4.69, 9.17) is 0 Å². The maximum Gasteiger partial charge on any atom is 0.573 e. The zero-order valence-corrected chi connectivity index (χ0v) is 13.9. The number of ether oxygens (including phenoxy) is 1. The molecule has 0 atom stereocenters. The molecule has 0 bridgehead atoms. The SMILES string of the molecule is Cc1ncc(-c2cc([N+](=O)[O-])ccc2-c2ccccc2OC(F)(F)F)cn1. The van der Waals surface area contributed by atoms with E-state index >= 15 is 0 Å². The van der Waals surface area contributed by atoms with Crippen LogP contribution in [-0.4, -0.2) is 21.3 Å². The lowest BCUT2D eigenvalue weighted by Gasteiger charge is -2.15. The van der Waals surface area contributed by atoms with Crippen LogP contribution in [-0.2, 0) is 0 Å². The summed E-state index contributed by atoms with van der Waals surface area (Å²) in [5, 5.41) is 11.1. The topological polar surface area (TPSA) is 78.2 Å². The van der Waals surface area contributed by atoms with Crippen molar-refractivity contribution in [2.45, 2.75) is 13.3 Å². The minimum atomic E-state index is -4.87. The highest BCUT2D eigenvalue weighted by Gasteiger charge is 2.32. The number of rotatable bonds is 4. The Hall–Kier alpha value is -3.49. The first kappa shape index (κ1) is 18.3. The van der Waals surface area contributed by atoms with Crippen molar-refractivity contribution in [1.82, 2.24) is 9.97 Å². The second-order valence-electron chi connectivity index (χ2n) is 5.55. The van der Waals surface area contributed by atoms with Gasteiger partial charge in [0.1, 0.15) is 11.6 Å². The summed E-state index contributed by atoms with van der Waals surface area (Å²) < 4.78 is 42.3. The molecule has 27 heavy (non-hydrogen) atoms. The first-order chi connectivity index (χ1) is 12.7. The van der Waals surface area contributed by atoms with Crippen LogP contribution in [0.25, 0.3) is 22.3 Å². The van der Waals surface area contributed by atoms with Crippen molar-refractivity contribution in [3.63, 3.8) is 0 Å². The van der Waals surface area contributed by atoms with Crippen molar-refractivity contribution in [2.75, 3.05) is 0 Å². The van der Waals surface area contributed by atoms with Crippen LogP contribution < -0.4 is 4.74 Å². The van der Waals surface area contributed by atoms with Crippen molar-refractivity contribution >= 4 is 5.69 Å². The van der Waals surface area contributed by atoms with Gasteiger partial charge in [0, 0.05) is 35.7 Å². The first-order valence-corrected chi connectivity index (χ1v) is 7.67. The molecule has 0 saturated carbocycles. The lowest BCUT2D eigenvalue weighted by molar-refractivity contribution is -0.384. The quantitative estimate of drug-likeness (QED) is 0.477. The highest BCUT2D eigenvalue weighted by Crippen LogP contribution is 2.40. The molecule has 0 fully saturated rings. The Kier molecular flexibility index (Phi) is 4.76. The van der Waals surface area contributed by atoms with Crippen molar-refractivity contribution in [1.29, 1.82) is 0 Å². The van der Waals surface area contributed by atoms with Gasteiger partial charge in [-0.3, -0.25) is 10.1 Å². The van der Waals surface area contributed by atoms with Gasteiger partial charge in [-0.05, 0) is 30.2 Å². The lowest BCUT2D eigenvalue weighted by Crippen LogP contribution is -2.17. The molecule has 0 aliphatic heterocycles. The average Bonchev–Trinajstić information content (AvgIpc) is 2.61. The zero-order chi connectivity index (χ0) is 19.6. The molecule has 1 heterocycles. The molecule has 2 aromatic carbocycles. The van der Waals surface area contributed by atoms with E-state index in [9.17, 15) is 23.3 Å². The van der Waals surface area contributed by atoms with Crippen LogP contribution in [0, 0.1) is 17.0 Å². The second-order valence-corrected chi connectivity index (χ2v) is 5.55. The summed E-state index contributed by atoms with van der Waals surface area (Å²) in [6.45, 7) is 1.67. The van der Waals surface area contributed by atoms with Gasteiger partial charge in [0.15, 0.2) is 0 Å². The van der Waals surface area contributed by atoms with Gasteiger partial charge in [-0.2, -0.15) is 0 Å². The Labute approximate surface area is 151 Å². The summed E-state index contributed by atoms with van der Waals surface area (Å²) in [5.74, 6) is 0.0830. The molecular weight excluding hydrogens is 363 g/mol. The number of aromatic nitrogens is 2. The largest absolute Gasteiger partial charge is 0.573 e. The van der Waals surface area contributed by atoms with Crippen LogP contribution in [0.15, 0.2) is 54.9 Å². The number of nitro benzene ring substituents is 1. The molecule has 0 radical (unpaired) electrons. The van der Waals surface area contributed by atoms with Gasteiger partial charge in [-0.15, -0.1) is 13.2 Å². The van der Waals surface area contributed by atoms with Gasteiger partial charge in [0.2, 0.25) is 0 Å².